The highest BCUT2D eigenvalue weighted by atomic mass is 32.2. The molecule has 1 N–H and O–H groups in total. The van der Waals surface area contributed by atoms with E-state index in [4.69, 9.17) is 4.74 Å². The normalized spacial score (nSPS) is 13.7. The van der Waals surface area contributed by atoms with Gasteiger partial charge < -0.3 is 10.1 Å². The molecule has 0 bridgehead atoms. The van der Waals surface area contributed by atoms with E-state index in [0.29, 0.717) is 12.8 Å². The van der Waals surface area contributed by atoms with Gasteiger partial charge in [0.05, 0.1) is 5.25 Å². The van der Waals surface area contributed by atoms with Crippen LogP contribution in [-0.2, 0) is 25.5 Å². The lowest BCUT2D eigenvalue weighted by atomic mass is 10.0. The number of hydrogen-bond acceptors (Lipinski definition) is 5. The first-order valence-corrected chi connectivity index (χ1v) is 10.1. The second-order valence-corrected chi connectivity index (χ2v) is 9.39. The number of rotatable bonds is 8. The zero-order chi connectivity index (χ0) is 20.6. The first-order valence-electron chi connectivity index (χ1n) is 9.22. The van der Waals surface area contributed by atoms with Crippen LogP contribution in [-0.4, -0.2) is 33.9 Å². The molecule has 0 aliphatic heterocycles. The molecular formula is C21H31NO4S. The standard InChI is InChI=1S/C21H31NO4S/c1-14(2)12-17(20(25)26-21(4,5)6)22-19(24)18(27-15(3)23)13-16-10-8-7-9-11-16/h7-11,14,17-18H,12-13H2,1-6H3,(H,22,24)/t17-,18+/m0/s1. The van der Waals surface area contributed by atoms with Gasteiger partial charge >= 0.3 is 5.97 Å². The molecule has 0 aromatic heterocycles. The number of esters is 1. The summed E-state index contributed by atoms with van der Waals surface area (Å²) in [5, 5.41) is 2.08. The van der Waals surface area contributed by atoms with Crippen molar-refractivity contribution < 1.29 is 19.1 Å². The maximum absolute atomic E-state index is 12.9. The van der Waals surface area contributed by atoms with Crippen LogP contribution in [0.5, 0.6) is 0 Å². The monoisotopic (exact) mass is 393 g/mol. The molecule has 0 aliphatic rings. The fraction of sp³-hybridized carbons (Fsp3) is 0.571. The largest absolute Gasteiger partial charge is 0.458 e. The highest BCUT2D eigenvalue weighted by Gasteiger charge is 2.30. The Morgan fingerprint density at radius 3 is 2.19 bits per heavy atom. The molecule has 1 aromatic carbocycles. The van der Waals surface area contributed by atoms with Crippen molar-refractivity contribution in [3.8, 4) is 0 Å². The maximum atomic E-state index is 12.9. The van der Waals surface area contributed by atoms with E-state index >= 15 is 0 Å². The molecule has 0 unspecified atom stereocenters. The Hall–Kier alpha value is -1.82. The number of ether oxygens (including phenoxy) is 1. The van der Waals surface area contributed by atoms with Crippen LogP contribution in [0.3, 0.4) is 0 Å². The molecule has 1 aromatic rings. The van der Waals surface area contributed by atoms with E-state index < -0.39 is 22.9 Å². The smallest absolute Gasteiger partial charge is 0.329 e. The van der Waals surface area contributed by atoms with Gasteiger partial charge in [0.15, 0.2) is 5.12 Å². The van der Waals surface area contributed by atoms with E-state index in [-0.39, 0.29) is 16.9 Å². The quantitative estimate of drug-likeness (QED) is 0.681. The molecule has 0 saturated carbocycles. The van der Waals surface area contributed by atoms with Gasteiger partial charge in [0.1, 0.15) is 11.6 Å². The SMILES string of the molecule is CC(=O)S[C@H](Cc1ccccc1)C(=O)N[C@@H](CC(C)C)C(=O)OC(C)(C)C. The second kappa shape index (κ2) is 10.5. The summed E-state index contributed by atoms with van der Waals surface area (Å²) < 4.78 is 5.45. The zero-order valence-corrected chi connectivity index (χ0v) is 17.9. The molecule has 0 saturated heterocycles. The highest BCUT2D eigenvalue weighted by molar-refractivity contribution is 8.14. The lowest BCUT2D eigenvalue weighted by Gasteiger charge is -2.26. The third-order valence-corrected chi connectivity index (χ3v) is 4.58. The van der Waals surface area contributed by atoms with Crippen molar-refractivity contribution in [3.05, 3.63) is 35.9 Å². The summed E-state index contributed by atoms with van der Waals surface area (Å²) in [6, 6.07) is 8.79. The van der Waals surface area contributed by atoms with E-state index in [2.05, 4.69) is 5.32 Å². The van der Waals surface area contributed by atoms with Gasteiger partial charge in [-0.3, -0.25) is 9.59 Å². The molecular weight excluding hydrogens is 362 g/mol. The summed E-state index contributed by atoms with van der Waals surface area (Å²) in [6.45, 7) is 10.8. The van der Waals surface area contributed by atoms with E-state index in [0.717, 1.165) is 17.3 Å². The van der Waals surface area contributed by atoms with Crippen LogP contribution in [0, 0.1) is 5.92 Å². The number of carbonyl (C=O) groups is 3. The molecule has 0 radical (unpaired) electrons. The van der Waals surface area contributed by atoms with E-state index in [1.165, 1.54) is 6.92 Å². The molecule has 27 heavy (non-hydrogen) atoms. The Labute approximate surface area is 166 Å². The van der Waals surface area contributed by atoms with Crippen molar-refractivity contribution >= 4 is 28.8 Å². The highest BCUT2D eigenvalue weighted by Crippen LogP contribution is 2.19. The molecule has 6 heteroatoms. The average Bonchev–Trinajstić information content (AvgIpc) is 2.52. The number of amides is 1. The Bertz CT molecular complexity index is 637. The van der Waals surface area contributed by atoms with Crippen LogP contribution in [0.15, 0.2) is 30.3 Å². The van der Waals surface area contributed by atoms with Crippen LogP contribution < -0.4 is 5.32 Å². The number of benzene rings is 1. The van der Waals surface area contributed by atoms with Crippen molar-refractivity contribution in [1.29, 1.82) is 0 Å². The summed E-state index contributed by atoms with van der Waals surface area (Å²) in [6.07, 6.45) is 0.892. The van der Waals surface area contributed by atoms with Gasteiger partial charge in [0.2, 0.25) is 5.91 Å². The number of carbonyl (C=O) groups excluding carboxylic acids is 3. The summed E-state index contributed by atoms with van der Waals surface area (Å²) in [5.74, 6) is -0.567. The molecule has 0 heterocycles. The van der Waals surface area contributed by atoms with Gasteiger partial charge in [0, 0.05) is 6.92 Å². The Morgan fingerprint density at radius 1 is 1.11 bits per heavy atom. The molecule has 150 valence electrons. The molecule has 0 spiro atoms. The third-order valence-electron chi connectivity index (χ3n) is 3.58. The molecule has 0 aliphatic carbocycles. The predicted molar refractivity (Wildman–Crippen MR) is 109 cm³/mol. The maximum Gasteiger partial charge on any atom is 0.329 e. The van der Waals surface area contributed by atoms with Gasteiger partial charge in [-0.1, -0.05) is 55.9 Å². The summed E-state index contributed by atoms with van der Waals surface area (Å²) in [5.41, 5.74) is 0.332. The minimum atomic E-state index is -0.734. The van der Waals surface area contributed by atoms with Gasteiger partial charge in [-0.25, -0.2) is 4.79 Å². The molecule has 2 atom stereocenters. The topological polar surface area (TPSA) is 72.5 Å². The van der Waals surface area contributed by atoms with Crippen LogP contribution in [0.4, 0.5) is 0 Å². The van der Waals surface area contributed by atoms with Gasteiger partial charge in [-0.15, -0.1) is 0 Å². The first kappa shape index (κ1) is 23.2. The summed E-state index contributed by atoms with van der Waals surface area (Å²) >= 11 is 0.985. The first-order chi connectivity index (χ1) is 12.5. The lowest BCUT2D eigenvalue weighted by molar-refractivity contribution is -0.159. The number of nitrogens with one attached hydrogen (secondary N) is 1. The van der Waals surface area contributed by atoms with Crippen molar-refractivity contribution in [2.45, 2.75) is 71.3 Å². The Balaban J connectivity index is 2.92. The van der Waals surface area contributed by atoms with Crippen molar-refractivity contribution in [3.63, 3.8) is 0 Å². The van der Waals surface area contributed by atoms with Crippen LogP contribution in [0.25, 0.3) is 0 Å². The Morgan fingerprint density at radius 2 is 1.70 bits per heavy atom. The van der Waals surface area contributed by atoms with Crippen LogP contribution >= 0.6 is 11.8 Å². The summed E-state index contributed by atoms with van der Waals surface area (Å²) in [4.78, 5) is 37.0. The molecule has 1 amide bonds. The van der Waals surface area contributed by atoms with Crippen molar-refractivity contribution in [2.75, 3.05) is 0 Å². The van der Waals surface area contributed by atoms with Crippen LogP contribution in [0.2, 0.25) is 0 Å². The van der Waals surface area contributed by atoms with Crippen molar-refractivity contribution in [2.24, 2.45) is 5.92 Å². The fourth-order valence-electron chi connectivity index (χ4n) is 2.54. The van der Waals surface area contributed by atoms with Gasteiger partial charge in [-0.2, -0.15) is 0 Å². The van der Waals surface area contributed by atoms with Crippen molar-refractivity contribution in [1.82, 2.24) is 5.32 Å². The Kier molecular flexibility index (Phi) is 9.03. The average molecular weight is 394 g/mol. The molecule has 0 fully saturated rings. The third kappa shape index (κ3) is 9.61. The second-order valence-electron chi connectivity index (χ2n) is 8.01. The minimum Gasteiger partial charge on any atom is -0.458 e. The van der Waals surface area contributed by atoms with Gasteiger partial charge in [0.25, 0.3) is 0 Å². The lowest BCUT2D eigenvalue weighted by Crippen LogP contribution is -2.48. The van der Waals surface area contributed by atoms with Crippen LogP contribution in [0.1, 0.15) is 53.5 Å². The van der Waals surface area contributed by atoms with E-state index in [1.54, 1.807) is 20.8 Å². The van der Waals surface area contributed by atoms with E-state index in [1.807, 2.05) is 44.2 Å². The number of hydrogen-bond donors (Lipinski definition) is 1. The molecule has 1 rings (SSSR count). The fourth-order valence-corrected chi connectivity index (χ4v) is 3.39. The van der Waals surface area contributed by atoms with E-state index in [9.17, 15) is 14.4 Å². The summed E-state index contributed by atoms with van der Waals surface area (Å²) in [7, 11) is 0. The zero-order valence-electron chi connectivity index (χ0n) is 17.1. The number of thioether (sulfide) groups is 1. The predicted octanol–water partition coefficient (Wildman–Crippen LogP) is 3.75. The van der Waals surface area contributed by atoms with Gasteiger partial charge in [-0.05, 0) is 45.1 Å². The molecule has 5 nitrogen and oxygen atoms in total. The minimum absolute atomic E-state index is 0.135.